The van der Waals surface area contributed by atoms with Crippen LogP contribution in [0.4, 0.5) is 4.79 Å². The van der Waals surface area contributed by atoms with Crippen LogP contribution in [0.15, 0.2) is 31.1 Å². The Morgan fingerprint density at radius 3 is 2.74 bits per heavy atom. The maximum absolute atomic E-state index is 11.7. The quantitative estimate of drug-likeness (QED) is 0.782. The summed E-state index contributed by atoms with van der Waals surface area (Å²) in [5.41, 5.74) is 3.13. The molecule has 2 aromatic heterocycles. The van der Waals surface area contributed by atoms with E-state index < -0.39 is 11.7 Å². The average Bonchev–Trinajstić information content (AvgIpc) is 2.93. The standard InChI is InChI=1S/C20H29N5O2/c1-14-8-7-10-21-16(14)12-23-15(2)17-13-25(6)18(24-17)9-11-22-19(26)27-20(3,4)5/h7-8,10,13,23H,2,9,11-12H2,1,3-6H3,(H,22,26). The number of nitrogens with zero attached hydrogens (tertiary/aromatic N) is 3. The van der Waals surface area contributed by atoms with Gasteiger partial charge in [0.1, 0.15) is 17.1 Å². The van der Waals surface area contributed by atoms with Crippen LogP contribution in [0.2, 0.25) is 0 Å². The molecule has 2 rings (SSSR count). The lowest BCUT2D eigenvalue weighted by Crippen LogP contribution is -2.33. The highest BCUT2D eigenvalue weighted by molar-refractivity contribution is 5.67. The number of alkyl carbamates (subject to hydrolysis) is 1. The SMILES string of the molecule is C=C(NCc1ncccc1C)c1cn(C)c(CCNC(=O)OC(C)(C)C)n1. The molecule has 0 saturated heterocycles. The van der Waals surface area contributed by atoms with Crippen LogP contribution in [0, 0.1) is 6.92 Å². The zero-order valence-corrected chi connectivity index (χ0v) is 16.8. The van der Waals surface area contributed by atoms with E-state index in [2.05, 4.69) is 27.2 Å². The highest BCUT2D eigenvalue weighted by Gasteiger charge is 2.16. The fourth-order valence-electron chi connectivity index (χ4n) is 2.46. The van der Waals surface area contributed by atoms with E-state index in [1.165, 1.54) is 0 Å². The summed E-state index contributed by atoms with van der Waals surface area (Å²) in [6.45, 7) is 12.7. The molecule has 0 bridgehead atoms. The Kier molecular flexibility index (Phi) is 6.60. The molecule has 0 atom stereocenters. The van der Waals surface area contributed by atoms with Crippen molar-refractivity contribution in [2.45, 2.75) is 46.3 Å². The molecule has 0 aliphatic rings. The molecule has 0 aromatic carbocycles. The maximum Gasteiger partial charge on any atom is 0.407 e. The Morgan fingerprint density at radius 2 is 2.07 bits per heavy atom. The number of ether oxygens (including phenoxy) is 1. The van der Waals surface area contributed by atoms with Crippen molar-refractivity contribution in [3.63, 3.8) is 0 Å². The molecule has 0 fully saturated rings. The van der Waals surface area contributed by atoms with Gasteiger partial charge in [0, 0.05) is 32.4 Å². The highest BCUT2D eigenvalue weighted by Crippen LogP contribution is 2.12. The predicted molar refractivity (Wildman–Crippen MR) is 106 cm³/mol. The van der Waals surface area contributed by atoms with Crippen molar-refractivity contribution in [3.05, 3.63) is 53.9 Å². The van der Waals surface area contributed by atoms with Crippen molar-refractivity contribution in [2.24, 2.45) is 7.05 Å². The zero-order valence-electron chi connectivity index (χ0n) is 16.8. The first-order valence-corrected chi connectivity index (χ1v) is 8.98. The van der Waals surface area contributed by atoms with E-state index in [4.69, 9.17) is 4.74 Å². The van der Waals surface area contributed by atoms with Crippen LogP contribution in [-0.2, 0) is 24.8 Å². The molecule has 146 valence electrons. The number of hydrogen-bond donors (Lipinski definition) is 2. The largest absolute Gasteiger partial charge is 0.444 e. The van der Waals surface area contributed by atoms with Crippen molar-refractivity contribution in [3.8, 4) is 0 Å². The lowest BCUT2D eigenvalue weighted by molar-refractivity contribution is 0.0528. The van der Waals surface area contributed by atoms with Gasteiger partial charge in [-0.3, -0.25) is 4.98 Å². The number of hydrogen-bond acceptors (Lipinski definition) is 5. The number of carbonyl (C=O) groups is 1. The molecule has 2 heterocycles. The van der Waals surface area contributed by atoms with Crippen molar-refractivity contribution in [2.75, 3.05) is 6.54 Å². The maximum atomic E-state index is 11.7. The molecule has 0 saturated carbocycles. The van der Waals surface area contributed by atoms with Gasteiger partial charge in [0.2, 0.25) is 0 Å². The van der Waals surface area contributed by atoms with Crippen LogP contribution in [0.1, 0.15) is 43.5 Å². The van der Waals surface area contributed by atoms with Crippen LogP contribution in [0.3, 0.4) is 0 Å². The molecule has 2 N–H and O–H groups in total. The molecule has 2 aromatic rings. The number of aromatic nitrogens is 3. The lowest BCUT2D eigenvalue weighted by Gasteiger charge is -2.19. The predicted octanol–water partition coefficient (Wildman–Crippen LogP) is 2.95. The molecule has 1 amide bonds. The van der Waals surface area contributed by atoms with E-state index in [0.717, 1.165) is 28.5 Å². The van der Waals surface area contributed by atoms with Gasteiger partial charge in [-0.25, -0.2) is 9.78 Å². The third-order valence-corrected chi connectivity index (χ3v) is 3.89. The van der Waals surface area contributed by atoms with Crippen molar-refractivity contribution in [1.29, 1.82) is 0 Å². The lowest BCUT2D eigenvalue weighted by atomic mass is 10.2. The van der Waals surface area contributed by atoms with Crippen molar-refractivity contribution >= 4 is 11.8 Å². The second-order valence-electron chi connectivity index (χ2n) is 7.43. The molecule has 0 aliphatic carbocycles. The molecule has 0 unspecified atom stereocenters. The van der Waals surface area contributed by atoms with Gasteiger partial charge in [-0.15, -0.1) is 0 Å². The fraction of sp³-hybridized carbons (Fsp3) is 0.450. The molecule has 27 heavy (non-hydrogen) atoms. The van der Waals surface area contributed by atoms with Crippen LogP contribution in [0.25, 0.3) is 5.70 Å². The van der Waals surface area contributed by atoms with Crippen LogP contribution in [0.5, 0.6) is 0 Å². The summed E-state index contributed by atoms with van der Waals surface area (Å²) in [5, 5.41) is 6.02. The summed E-state index contributed by atoms with van der Waals surface area (Å²) in [7, 11) is 1.93. The second kappa shape index (κ2) is 8.70. The first-order valence-electron chi connectivity index (χ1n) is 8.98. The van der Waals surface area contributed by atoms with Gasteiger partial charge >= 0.3 is 6.09 Å². The van der Waals surface area contributed by atoms with E-state index in [1.54, 1.807) is 6.20 Å². The number of nitrogens with one attached hydrogen (secondary N) is 2. The first-order chi connectivity index (χ1) is 12.7. The summed E-state index contributed by atoms with van der Waals surface area (Å²) in [6.07, 6.45) is 3.88. The molecular weight excluding hydrogens is 342 g/mol. The smallest absolute Gasteiger partial charge is 0.407 e. The Labute approximate surface area is 160 Å². The van der Waals surface area contributed by atoms with E-state index in [9.17, 15) is 4.79 Å². The monoisotopic (exact) mass is 371 g/mol. The zero-order chi connectivity index (χ0) is 20.0. The number of aryl methyl sites for hydroxylation is 2. The molecule has 0 radical (unpaired) electrons. The third kappa shape index (κ3) is 6.44. The van der Waals surface area contributed by atoms with Gasteiger partial charge in [0.25, 0.3) is 0 Å². The Balaban J connectivity index is 1.87. The number of carbonyl (C=O) groups excluding carboxylic acids is 1. The van der Waals surface area contributed by atoms with Gasteiger partial charge in [0.15, 0.2) is 0 Å². The van der Waals surface area contributed by atoms with Gasteiger partial charge in [-0.05, 0) is 39.3 Å². The minimum Gasteiger partial charge on any atom is -0.444 e. The number of pyridine rings is 1. The van der Waals surface area contributed by atoms with Gasteiger partial charge in [-0.1, -0.05) is 12.6 Å². The van der Waals surface area contributed by atoms with Gasteiger partial charge in [-0.2, -0.15) is 0 Å². The summed E-state index contributed by atoms with van der Waals surface area (Å²) in [6, 6.07) is 3.95. The molecule has 0 spiro atoms. The Hall–Kier alpha value is -2.83. The van der Waals surface area contributed by atoms with Gasteiger partial charge < -0.3 is 19.9 Å². The minimum absolute atomic E-state index is 0.422. The Bertz CT molecular complexity index is 805. The van der Waals surface area contributed by atoms with Crippen molar-refractivity contribution < 1.29 is 9.53 Å². The minimum atomic E-state index is -0.504. The van der Waals surface area contributed by atoms with E-state index >= 15 is 0 Å². The third-order valence-electron chi connectivity index (χ3n) is 3.89. The summed E-state index contributed by atoms with van der Waals surface area (Å²) < 4.78 is 7.16. The van der Waals surface area contributed by atoms with Gasteiger partial charge in [0.05, 0.1) is 17.9 Å². The summed E-state index contributed by atoms with van der Waals surface area (Å²) in [5.74, 6) is 0.859. The number of rotatable bonds is 7. The van der Waals surface area contributed by atoms with E-state index in [1.807, 2.05) is 57.6 Å². The van der Waals surface area contributed by atoms with Crippen LogP contribution in [-0.4, -0.2) is 32.8 Å². The molecule has 7 heteroatoms. The molecule has 0 aliphatic heterocycles. The normalized spacial score (nSPS) is 11.1. The fourth-order valence-corrected chi connectivity index (χ4v) is 2.46. The summed E-state index contributed by atoms with van der Waals surface area (Å²) in [4.78, 5) is 20.7. The molecular formula is C20H29N5O2. The highest BCUT2D eigenvalue weighted by atomic mass is 16.6. The average molecular weight is 371 g/mol. The van der Waals surface area contributed by atoms with Crippen LogP contribution >= 0.6 is 0 Å². The Morgan fingerprint density at radius 1 is 1.33 bits per heavy atom. The second-order valence-corrected chi connectivity index (χ2v) is 7.43. The number of amides is 1. The topological polar surface area (TPSA) is 81.1 Å². The van der Waals surface area contributed by atoms with Crippen molar-refractivity contribution in [1.82, 2.24) is 25.2 Å². The molecule has 7 nitrogen and oxygen atoms in total. The van der Waals surface area contributed by atoms with E-state index in [0.29, 0.717) is 19.5 Å². The number of imidazole rings is 1. The van der Waals surface area contributed by atoms with E-state index in [-0.39, 0.29) is 0 Å². The summed E-state index contributed by atoms with van der Waals surface area (Å²) >= 11 is 0. The van der Waals surface area contributed by atoms with Crippen LogP contribution < -0.4 is 10.6 Å². The first kappa shape index (κ1) is 20.5.